The highest BCUT2D eigenvalue weighted by atomic mass is 16.1. The van der Waals surface area contributed by atoms with Crippen LogP contribution in [0.2, 0.25) is 0 Å². The molecule has 0 saturated heterocycles. The van der Waals surface area contributed by atoms with E-state index in [2.05, 4.69) is 71.6 Å². The molecule has 0 atom stereocenters. The molecule has 0 aliphatic carbocycles. The first-order valence-electron chi connectivity index (χ1n) is 10.8. The number of rotatable bonds is 5. The summed E-state index contributed by atoms with van der Waals surface area (Å²) in [5.41, 5.74) is 15.3. The summed E-state index contributed by atoms with van der Waals surface area (Å²) in [6.07, 6.45) is 0.861. The van der Waals surface area contributed by atoms with Gasteiger partial charge in [-0.3, -0.25) is 9.69 Å². The zero-order chi connectivity index (χ0) is 22.2. The number of nitrogens with zero attached hydrogens (tertiary/aromatic N) is 3. The topological polar surface area (TPSA) is 64.2 Å². The van der Waals surface area contributed by atoms with Crippen LogP contribution in [0.25, 0.3) is 16.8 Å². The third kappa shape index (κ3) is 3.95. The lowest BCUT2D eigenvalue weighted by molar-refractivity contribution is 0.0995. The summed E-state index contributed by atoms with van der Waals surface area (Å²) in [6, 6.07) is 25.6. The summed E-state index contributed by atoms with van der Waals surface area (Å²) in [7, 11) is 2.16. The minimum Gasteiger partial charge on any atom is -0.364 e. The average molecular weight is 423 g/mol. The first-order chi connectivity index (χ1) is 15.5. The zero-order valence-corrected chi connectivity index (χ0v) is 18.4. The van der Waals surface area contributed by atoms with Gasteiger partial charge in [0, 0.05) is 18.8 Å². The number of benzene rings is 3. The molecule has 0 radical (unpaired) electrons. The molecule has 1 aliphatic rings. The van der Waals surface area contributed by atoms with Crippen LogP contribution in [0.4, 0.5) is 0 Å². The van der Waals surface area contributed by atoms with E-state index in [4.69, 9.17) is 5.73 Å². The minimum atomic E-state index is -0.515. The predicted octanol–water partition coefficient (Wildman–Crippen LogP) is 4.48. The summed E-state index contributed by atoms with van der Waals surface area (Å²) in [5.74, 6) is -0.515. The predicted molar refractivity (Wildman–Crippen MR) is 127 cm³/mol. The van der Waals surface area contributed by atoms with Crippen molar-refractivity contribution in [2.24, 2.45) is 5.73 Å². The van der Waals surface area contributed by atoms with Crippen LogP contribution >= 0.6 is 0 Å². The van der Waals surface area contributed by atoms with Crippen molar-refractivity contribution in [2.45, 2.75) is 26.4 Å². The van der Waals surface area contributed by atoms with Crippen LogP contribution in [0.5, 0.6) is 0 Å². The van der Waals surface area contributed by atoms with Crippen molar-refractivity contribution in [3.63, 3.8) is 0 Å². The van der Waals surface area contributed by atoms with Crippen molar-refractivity contribution in [3.8, 4) is 16.8 Å². The number of hydrogen-bond acceptors (Lipinski definition) is 3. The van der Waals surface area contributed by atoms with Gasteiger partial charge >= 0.3 is 0 Å². The fraction of sp³-hybridized carbons (Fsp3) is 0.185. The first-order valence-corrected chi connectivity index (χ1v) is 10.8. The molecule has 160 valence electrons. The van der Waals surface area contributed by atoms with Crippen molar-refractivity contribution in [1.29, 1.82) is 0 Å². The number of carbonyl (C=O) groups is 1. The van der Waals surface area contributed by atoms with Crippen LogP contribution in [0.15, 0.2) is 72.8 Å². The van der Waals surface area contributed by atoms with Gasteiger partial charge in [0.15, 0.2) is 5.69 Å². The van der Waals surface area contributed by atoms with Crippen LogP contribution in [0, 0.1) is 6.92 Å². The average Bonchev–Trinajstić information content (AvgIpc) is 3.36. The lowest BCUT2D eigenvalue weighted by Gasteiger charge is -2.08. The Labute approximate surface area is 188 Å². The molecule has 1 amide bonds. The van der Waals surface area contributed by atoms with Gasteiger partial charge in [0.2, 0.25) is 0 Å². The van der Waals surface area contributed by atoms with Gasteiger partial charge in [-0.15, -0.1) is 0 Å². The zero-order valence-electron chi connectivity index (χ0n) is 18.4. The van der Waals surface area contributed by atoms with Crippen molar-refractivity contribution >= 4 is 5.91 Å². The maximum Gasteiger partial charge on any atom is 0.269 e. The second-order valence-corrected chi connectivity index (χ2v) is 8.64. The Morgan fingerprint density at radius 3 is 2.16 bits per heavy atom. The highest BCUT2D eigenvalue weighted by molar-refractivity contribution is 5.90. The number of aromatic nitrogens is 2. The molecule has 5 heteroatoms. The van der Waals surface area contributed by atoms with Gasteiger partial charge in [-0.25, -0.2) is 4.68 Å². The van der Waals surface area contributed by atoms with Crippen molar-refractivity contribution in [2.75, 3.05) is 7.05 Å². The monoisotopic (exact) mass is 422 g/mol. The molecule has 0 spiro atoms. The summed E-state index contributed by atoms with van der Waals surface area (Å²) in [6.45, 7) is 3.98. The Kier molecular flexibility index (Phi) is 5.11. The van der Waals surface area contributed by atoms with E-state index in [1.54, 1.807) is 10.7 Å². The Bertz CT molecular complexity index is 1290. The second-order valence-electron chi connectivity index (χ2n) is 8.64. The number of hydrogen-bond donors (Lipinski definition) is 1. The molecular weight excluding hydrogens is 396 g/mol. The maximum atomic E-state index is 11.4. The summed E-state index contributed by atoms with van der Waals surface area (Å²) in [4.78, 5) is 13.7. The van der Waals surface area contributed by atoms with Crippen LogP contribution in [0.3, 0.4) is 0 Å². The Morgan fingerprint density at radius 1 is 0.875 bits per heavy atom. The molecule has 1 aliphatic heterocycles. The van der Waals surface area contributed by atoms with Crippen molar-refractivity contribution in [3.05, 3.63) is 106 Å². The van der Waals surface area contributed by atoms with Gasteiger partial charge < -0.3 is 5.73 Å². The lowest BCUT2D eigenvalue weighted by atomic mass is 9.98. The largest absolute Gasteiger partial charge is 0.364 e. The molecule has 0 fully saturated rings. The van der Waals surface area contributed by atoms with Crippen molar-refractivity contribution < 1.29 is 4.79 Å². The van der Waals surface area contributed by atoms with Gasteiger partial charge in [-0.1, -0.05) is 48.5 Å². The van der Waals surface area contributed by atoms with Crippen molar-refractivity contribution in [1.82, 2.24) is 14.7 Å². The van der Waals surface area contributed by atoms with Gasteiger partial charge in [-0.05, 0) is 78.0 Å². The standard InChI is InChI=1S/C27H26N4O/c1-18-13-26(27(28)32)29-31(18)25-11-5-20(6-12-25)14-19-3-7-21(8-4-19)22-9-10-23-16-30(2)17-24(23)15-22/h3-13,15H,14,16-17H2,1-2H3,(H2,28,32). The molecule has 2 heterocycles. The Hall–Kier alpha value is -3.70. The summed E-state index contributed by atoms with van der Waals surface area (Å²) >= 11 is 0. The van der Waals surface area contributed by atoms with E-state index in [-0.39, 0.29) is 5.69 Å². The molecule has 32 heavy (non-hydrogen) atoms. The SMILES string of the molecule is Cc1cc(C(N)=O)nn1-c1ccc(Cc2ccc(-c3ccc4c(c3)CN(C)C4)cc2)cc1. The smallest absolute Gasteiger partial charge is 0.269 e. The van der Waals surface area contributed by atoms with E-state index < -0.39 is 5.91 Å². The number of aryl methyl sites for hydroxylation is 1. The quantitative estimate of drug-likeness (QED) is 0.516. The molecule has 0 saturated carbocycles. The number of fused-ring (bicyclic) bond motifs is 1. The first kappa shape index (κ1) is 20.2. The van der Waals surface area contributed by atoms with Gasteiger partial charge in [-0.2, -0.15) is 5.10 Å². The molecule has 0 unspecified atom stereocenters. The highest BCUT2D eigenvalue weighted by Gasteiger charge is 2.16. The van der Waals surface area contributed by atoms with Gasteiger partial charge in [0.05, 0.1) is 5.69 Å². The van der Waals surface area contributed by atoms with E-state index in [1.807, 2.05) is 19.1 Å². The summed E-state index contributed by atoms with van der Waals surface area (Å²) < 4.78 is 1.74. The highest BCUT2D eigenvalue weighted by Crippen LogP contribution is 2.28. The van der Waals surface area contributed by atoms with E-state index in [9.17, 15) is 4.79 Å². The minimum absolute atomic E-state index is 0.280. The van der Waals surface area contributed by atoms with E-state index in [1.165, 1.54) is 33.4 Å². The molecule has 0 bridgehead atoms. The van der Waals surface area contributed by atoms with E-state index >= 15 is 0 Å². The molecule has 3 aromatic carbocycles. The molecule has 4 aromatic rings. The number of amides is 1. The van der Waals surface area contributed by atoms with Gasteiger partial charge in [0.25, 0.3) is 5.91 Å². The van der Waals surface area contributed by atoms with E-state index in [0.29, 0.717) is 0 Å². The second kappa shape index (κ2) is 8.09. The maximum absolute atomic E-state index is 11.4. The molecular formula is C27H26N4O. The molecule has 5 nitrogen and oxygen atoms in total. The fourth-order valence-electron chi connectivity index (χ4n) is 4.41. The third-order valence-electron chi connectivity index (χ3n) is 6.10. The van der Waals surface area contributed by atoms with E-state index in [0.717, 1.165) is 30.9 Å². The number of nitrogens with two attached hydrogens (primary N) is 1. The Balaban J connectivity index is 1.30. The lowest BCUT2D eigenvalue weighted by Crippen LogP contribution is -2.12. The Morgan fingerprint density at radius 2 is 1.50 bits per heavy atom. The number of primary amides is 1. The summed E-state index contributed by atoms with van der Waals surface area (Å²) in [5, 5.41) is 4.30. The number of carbonyl (C=O) groups excluding carboxylic acids is 1. The van der Waals surface area contributed by atoms with Crippen LogP contribution in [-0.4, -0.2) is 27.6 Å². The fourth-order valence-corrected chi connectivity index (χ4v) is 4.41. The normalized spacial score (nSPS) is 13.3. The third-order valence-corrected chi connectivity index (χ3v) is 6.10. The van der Waals surface area contributed by atoms with Crippen LogP contribution in [-0.2, 0) is 19.5 Å². The molecule has 1 aromatic heterocycles. The van der Waals surface area contributed by atoms with Crippen LogP contribution < -0.4 is 5.73 Å². The van der Waals surface area contributed by atoms with Crippen LogP contribution in [0.1, 0.15) is 38.4 Å². The molecule has 2 N–H and O–H groups in total. The van der Waals surface area contributed by atoms with Gasteiger partial charge in [0.1, 0.15) is 0 Å². The molecule has 5 rings (SSSR count).